The smallest absolute Gasteiger partial charge is 0.253 e. The van der Waals surface area contributed by atoms with E-state index in [1.807, 2.05) is 49.5 Å². The third-order valence-corrected chi connectivity index (χ3v) is 5.17. The van der Waals surface area contributed by atoms with Gasteiger partial charge in [0.15, 0.2) is 11.5 Å². The van der Waals surface area contributed by atoms with Gasteiger partial charge in [0.1, 0.15) is 0 Å². The molecule has 0 bridgehead atoms. The summed E-state index contributed by atoms with van der Waals surface area (Å²) >= 11 is 0. The van der Waals surface area contributed by atoms with Crippen LogP contribution in [0.1, 0.15) is 28.8 Å². The molecule has 2 aromatic rings. The second-order valence-corrected chi connectivity index (χ2v) is 7.34. The van der Waals surface area contributed by atoms with Gasteiger partial charge in [0.05, 0.1) is 13.7 Å². The highest BCUT2D eigenvalue weighted by atomic mass is 16.5. The van der Waals surface area contributed by atoms with Gasteiger partial charge < -0.3 is 19.7 Å². The number of carbonyl (C=O) groups excluding carboxylic acids is 1. The SMILES string of the molecule is COc1ccccc1OCCCN(C)C(=O)c1cccc(CC2CCNC2)c1. The van der Waals surface area contributed by atoms with Gasteiger partial charge in [-0.1, -0.05) is 24.3 Å². The van der Waals surface area contributed by atoms with E-state index in [9.17, 15) is 4.79 Å². The summed E-state index contributed by atoms with van der Waals surface area (Å²) in [7, 11) is 3.48. The molecule has 0 aromatic heterocycles. The molecule has 1 N–H and O–H groups in total. The van der Waals surface area contributed by atoms with Crippen LogP contribution in [0.3, 0.4) is 0 Å². The Kier molecular flexibility index (Phi) is 7.31. The molecule has 0 saturated carbocycles. The molecule has 150 valence electrons. The summed E-state index contributed by atoms with van der Waals surface area (Å²) in [6.45, 7) is 3.35. The lowest BCUT2D eigenvalue weighted by molar-refractivity contribution is 0.0787. The molecule has 0 aliphatic carbocycles. The van der Waals surface area contributed by atoms with Crippen molar-refractivity contribution < 1.29 is 14.3 Å². The number of para-hydroxylation sites is 2. The number of nitrogens with zero attached hydrogens (tertiary/aromatic N) is 1. The molecule has 1 unspecified atom stereocenters. The van der Waals surface area contributed by atoms with Gasteiger partial charge >= 0.3 is 0 Å². The Morgan fingerprint density at radius 3 is 2.75 bits per heavy atom. The zero-order chi connectivity index (χ0) is 19.8. The van der Waals surface area contributed by atoms with E-state index >= 15 is 0 Å². The molecule has 1 saturated heterocycles. The van der Waals surface area contributed by atoms with Crippen LogP contribution < -0.4 is 14.8 Å². The molecule has 1 fully saturated rings. The molecule has 1 amide bonds. The highest BCUT2D eigenvalue weighted by molar-refractivity contribution is 5.94. The summed E-state index contributed by atoms with van der Waals surface area (Å²) in [5.41, 5.74) is 2.00. The van der Waals surface area contributed by atoms with Crippen LogP contribution in [0.2, 0.25) is 0 Å². The van der Waals surface area contributed by atoms with E-state index in [4.69, 9.17) is 9.47 Å². The number of nitrogens with one attached hydrogen (secondary N) is 1. The van der Waals surface area contributed by atoms with Crippen LogP contribution in [-0.4, -0.2) is 51.2 Å². The summed E-state index contributed by atoms with van der Waals surface area (Å²) in [5.74, 6) is 2.19. The first-order valence-electron chi connectivity index (χ1n) is 9.98. The number of methoxy groups -OCH3 is 1. The zero-order valence-corrected chi connectivity index (χ0v) is 16.8. The van der Waals surface area contributed by atoms with Gasteiger partial charge in [-0.3, -0.25) is 4.79 Å². The van der Waals surface area contributed by atoms with Crippen LogP contribution in [0.15, 0.2) is 48.5 Å². The van der Waals surface area contributed by atoms with Crippen LogP contribution in [-0.2, 0) is 6.42 Å². The molecule has 2 aromatic carbocycles. The van der Waals surface area contributed by atoms with Crippen molar-refractivity contribution >= 4 is 5.91 Å². The molecule has 1 aliphatic heterocycles. The number of ether oxygens (including phenoxy) is 2. The van der Waals surface area contributed by atoms with Gasteiger partial charge in [0.2, 0.25) is 0 Å². The summed E-state index contributed by atoms with van der Waals surface area (Å²) in [6, 6.07) is 15.7. The summed E-state index contributed by atoms with van der Waals surface area (Å²) in [4.78, 5) is 14.5. The van der Waals surface area contributed by atoms with Crippen molar-refractivity contribution in [1.82, 2.24) is 10.2 Å². The van der Waals surface area contributed by atoms with Crippen LogP contribution >= 0.6 is 0 Å². The minimum absolute atomic E-state index is 0.0590. The molecule has 28 heavy (non-hydrogen) atoms. The Morgan fingerprint density at radius 2 is 2.00 bits per heavy atom. The fraction of sp³-hybridized carbons (Fsp3) is 0.435. The molecule has 1 heterocycles. The predicted molar refractivity (Wildman–Crippen MR) is 111 cm³/mol. The molecule has 5 nitrogen and oxygen atoms in total. The van der Waals surface area contributed by atoms with Crippen molar-refractivity contribution in [3.8, 4) is 11.5 Å². The third-order valence-electron chi connectivity index (χ3n) is 5.17. The minimum Gasteiger partial charge on any atom is -0.493 e. The quantitative estimate of drug-likeness (QED) is 0.676. The second-order valence-electron chi connectivity index (χ2n) is 7.34. The standard InChI is InChI=1S/C23H30N2O3/c1-25(13-6-14-28-22-10-4-3-9-21(22)27-2)23(26)20-8-5-7-18(16-20)15-19-11-12-24-17-19/h3-5,7-10,16,19,24H,6,11-15,17H2,1-2H3. The van der Waals surface area contributed by atoms with Crippen LogP contribution in [0.25, 0.3) is 0 Å². The monoisotopic (exact) mass is 382 g/mol. The van der Waals surface area contributed by atoms with E-state index in [0.717, 1.165) is 43.0 Å². The molecule has 5 heteroatoms. The fourth-order valence-corrected chi connectivity index (χ4v) is 3.60. The van der Waals surface area contributed by atoms with E-state index in [1.54, 1.807) is 12.0 Å². The number of rotatable bonds is 9. The third kappa shape index (κ3) is 5.49. The number of benzene rings is 2. The van der Waals surface area contributed by atoms with Crippen molar-refractivity contribution in [2.24, 2.45) is 5.92 Å². The van der Waals surface area contributed by atoms with E-state index in [-0.39, 0.29) is 5.91 Å². The molecule has 0 radical (unpaired) electrons. The minimum atomic E-state index is 0.0590. The maximum Gasteiger partial charge on any atom is 0.253 e. The topological polar surface area (TPSA) is 50.8 Å². The van der Waals surface area contributed by atoms with E-state index in [0.29, 0.717) is 19.1 Å². The molecule has 3 rings (SSSR count). The second kappa shape index (κ2) is 10.1. The Hall–Kier alpha value is -2.53. The van der Waals surface area contributed by atoms with Crippen molar-refractivity contribution in [2.75, 3.05) is 40.4 Å². The van der Waals surface area contributed by atoms with Crippen molar-refractivity contribution in [3.05, 3.63) is 59.7 Å². The highest BCUT2D eigenvalue weighted by Gasteiger charge is 2.16. The Balaban J connectivity index is 1.47. The van der Waals surface area contributed by atoms with E-state index in [2.05, 4.69) is 11.4 Å². The zero-order valence-electron chi connectivity index (χ0n) is 16.8. The van der Waals surface area contributed by atoms with Crippen molar-refractivity contribution in [3.63, 3.8) is 0 Å². The van der Waals surface area contributed by atoms with Crippen molar-refractivity contribution in [2.45, 2.75) is 19.3 Å². The Bertz CT molecular complexity index is 772. The van der Waals surface area contributed by atoms with Crippen LogP contribution in [0, 0.1) is 5.92 Å². The van der Waals surface area contributed by atoms with E-state index in [1.165, 1.54) is 12.0 Å². The molecular formula is C23H30N2O3. The molecule has 0 spiro atoms. The Labute approximate surface area is 167 Å². The maximum atomic E-state index is 12.8. The van der Waals surface area contributed by atoms with Gasteiger partial charge in [0.25, 0.3) is 5.91 Å². The number of amides is 1. The Morgan fingerprint density at radius 1 is 1.18 bits per heavy atom. The molecular weight excluding hydrogens is 352 g/mol. The largest absolute Gasteiger partial charge is 0.493 e. The first-order valence-corrected chi connectivity index (χ1v) is 9.98. The van der Waals surface area contributed by atoms with Crippen LogP contribution in [0.5, 0.6) is 11.5 Å². The summed E-state index contributed by atoms with van der Waals surface area (Å²) in [5, 5.41) is 3.40. The predicted octanol–water partition coefficient (Wildman–Crippen LogP) is 3.39. The lowest BCUT2D eigenvalue weighted by atomic mass is 9.97. The van der Waals surface area contributed by atoms with Gasteiger partial charge in [0, 0.05) is 19.2 Å². The van der Waals surface area contributed by atoms with Gasteiger partial charge in [-0.15, -0.1) is 0 Å². The average molecular weight is 383 g/mol. The van der Waals surface area contributed by atoms with Gasteiger partial charge in [-0.25, -0.2) is 0 Å². The van der Waals surface area contributed by atoms with Gasteiger partial charge in [-0.2, -0.15) is 0 Å². The first-order chi connectivity index (χ1) is 13.7. The number of carbonyl (C=O) groups is 1. The average Bonchev–Trinajstić information content (AvgIpc) is 3.24. The maximum absolute atomic E-state index is 12.8. The molecule has 1 aliphatic rings. The lowest BCUT2D eigenvalue weighted by Gasteiger charge is -2.18. The van der Waals surface area contributed by atoms with Crippen molar-refractivity contribution in [1.29, 1.82) is 0 Å². The lowest BCUT2D eigenvalue weighted by Crippen LogP contribution is -2.28. The fourth-order valence-electron chi connectivity index (χ4n) is 3.60. The first kappa shape index (κ1) is 20.2. The summed E-state index contributed by atoms with van der Waals surface area (Å²) < 4.78 is 11.1. The normalized spacial score (nSPS) is 16.0. The number of hydrogen-bond donors (Lipinski definition) is 1. The number of hydrogen-bond acceptors (Lipinski definition) is 4. The highest BCUT2D eigenvalue weighted by Crippen LogP contribution is 2.25. The van der Waals surface area contributed by atoms with Crippen LogP contribution in [0.4, 0.5) is 0 Å². The molecule has 1 atom stereocenters. The van der Waals surface area contributed by atoms with E-state index < -0.39 is 0 Å². The summed E-state index contributed by atoms with van der Waals surface area (Å²) in [6.07, 6.45) is 3.00. The van der Waals surface area contributed by atoms with Gasteiger partial charge in [-0.05, 0) is 68.1 Å².